The van der Waals surface area contributed by atoms with Crippen molar-refractivity contribution in [3.8, 4) is 0 Å². The summed E-state index contributed by atoms with van der Waals surface area (Å²) in [6, 6.07) is 4.95. The van der Waals surface area contributed by atoms with Gasteiger partial charge in [0.05, 0.1) is 4.90 Å². The number of nitrogens with zero attached hydrogens (tertiary/aromatic N) is 1. The predicted octanol–water partition coefficient (Wildman–Crippen LogP) is 2.84. The van der Waals surface area contributed by atoms with Gasteiger partial charge in [0.2, 0.25) is 10.0 Å². The summed E-state index contributed by atoms with van der Waals surface area (Å²) in [6.07, 6.45) is 1.92. The molecule has 0 unspecified atom stereocenters. The zero-order valence-electron chi connectivity index (χ0n) is 11.1. The van der Waals surface area contributed by atoms with Gasteiger partial charge in [0.25, 0.3) is 0 Å². The average molecular weight is 347 g/mol. The van der Waals surface area contributed by atoms with Crippen LogP contribution >= 0.6 is 15.9 Å². The van der Waals surface area contributed by atoms with Gasteiger partial charge < -0.3 is 5.73 Å². The highest BCUT2D eigenvalue weighted by molar-refractivity contribution is 9.10. The fourth-order valence-electron chi connectivity index (χ4n) is 1.97. The highest BCUT2D eigenvalue weighted by Crippen LogP contribution is 2.34. The van der Waals surface area contributed by atoms with E-state index in [0.717, 1.165) is 12.8 Å². The quantitative estimate of drug-likeness (QED) is 0.833. The van der Waals surface area contributed by atoms with E-state index in [1.807, 2.05) is 13.8 Å². The molecule has 0 heterocycles. The van der Waals surface area contributed by atoms with E-state index in [0.29, 0.717) is 27.5 Å². The molecule has 0 radical (unpaired) electrons. The first-order valence-corrected chi connectivity index (χ1v) is 8.62. The fraction of sp³-hybridized carbons (Fsp3) is 0.538. The van der Waals surface area contributed by atoms with Crippen molar-refractivity contribution < 1.29 is 8.42 Å². The Labute approximate surface area is 123 Å². The van der Waals surface area contributed by atoms with Crippen LogP contribution in [-0.2, 0) is 10.0 Å². The molecule has 0 aromatic heterocycles. The molecule has 1 aliphatic rings. The summed E-state index contributed by atoms with van der Waals surface area (Å²) in [5.41, 5.74) is 6.25. The molecule has 0 amide bonds. The van der Waals surface area contributed by atoms with E-state index in [-0.39, 0.29) is 6.04 Å². The minimum absolute atomic E-state index is 0.170. The fourth-order valence-corrected chi connectivity index (χ4v) is 4.38. The number of nitrogens with two attached hydrogens (primary N) is 1. The Morgan fingerprint density at radius 1 is 1.42 bits per heavy atom. The summed E-state index contributed by atoms with van der Waals surface area (Å²) >= 11 is 3.28. The Morgan fingerprint density at radius 2 is 2.05 bits per heavy atom. The van der Waals surface area contributed by atoms with Crippen molar-refractivity contribution in [3.05, 3.63) is 22.7 Å². The highest BCUT2D eigenvalue weighted by Gasteiger charge is 2.38. The van der Waals surface area contributed by atoms with Gasteiger partial charge in [-0.3, -0.25) is 0 Å². The molecule has 0 aliphatic heterocycles. The van der Waals surface area contributed by atoms with Crippen LogP contribution in [0.4, 0.5) is 5.69 Å². The first-order chi connectivity index (χ1) is 8.82. The summed E-state index contributed by atoms with van der Waals surface area (Å²) in [4.78, 5) is 0.307. The van der Waals surface area contributed by atoms with Crippen molar-refractivity contribution in [3.63, 3.8) is 0 Å². The number of hydrogen-bond acceptors (Lipinski definition) is 3. The lowest BCUT2D eigenvalue weighted by molar-refractivity contribution is 0.360. The normalized spacial score (nSPS) is 16.3. The monoisotopic (exact) mass is 346 g/mol. The van der Waals surface area contributed by atoms with Crippen molar-refractivity contribution >= 4 is 31.6 Å². The molecule has 1 fully saturated rings. The molecule has 0 spiro atoms. The second-order valence-corrected chi connectivity index (χ2v) is 8.13. The second-order valence-electron chi connectivity index (χ2n) is 5.38. The zero-order valence-corrected chi connectivity index (χ0v) is 13.5. The molecule has 19 heavy (non-hydrogen) atoms. The lowest BCUT2D eigenvalue weighted by atomic mass is 10.2. The lowest BCUT2D eigenvalue weighted by Gasteiger charge is -2.24. The molecule has 106 valence electrons. The van der Waals surface area contributed by atoms with Crippen LogP contribution in [0.2, 0.25) is 0 Å². The van der Waals surface area contributed by atoms with Crippen molar-refractivity contribution in [1.29, 1.82) is 0 Å². The molecular formula is C13H19BrN2O2S. The number of nitrogen functional groups attached to an aromatic ring is 1. The maximum Gasteiger partial charge on any atom is 0.243 e. The molecule has 1 aromatic carbocycles. The third kappa shape index (κ3) is 3.30. The third-order valence-electron chi connectivity index (χ3n) is 3.08. The summed E-state index contributed by atoms with van der Waals surface area (Å²) in [6.45, 7) is 4.63. The summed E-state index contributed by atoms with van der Waals surface area (Å²) in [5, 5.41) is 0. The number of halogens is 1. The number of hydrogen-bond donors (Lipinski definition) is 1. The first-order valence-electron chi connectivity index (χ1n) is 6.39. The largest absolute Gasteiger partial charge is 0.398 e. The van der Waals surface area contributed by atoms with Gasteiger partial charge in [0.1, 0.15) is 0 Å². The molecular weight excluding hydrogens is 328 g/mol. The van der Waals surface area contributed by atoms with Crippen LogP contribution in [0.5, 0.6) is 0 Å². The smallest absolute Gasteiger partial charge is 0.243 e. The molecule has 1 saturated carbocycles. The van der Waals surface area contributed by atoms with Crippen LogP contribution in [0.25, 0.3) is 0 Å². The van der Waals surface area contributed by atoms with E-state index in [1.165, 1.54) is 0 Å². The zero-order chi connectivity index (χ0) is 14.2. The first kappa shape index (κ1) is 14.8. The van der Waals surface area contributed by atoms with Gasteiger partial charge in [-0.1, -0.05) is 13.8 Å². The van der Waals surface area contributed by atoms with Crippen LogP contribution < -0.4 is 5.73 Å². The Balaban J connectivity index is 2.35. The Morgan fingerprint density at radius 3 is 2.53 bits per heavy atom. The molecule has 0 atom stereocenters. The summed E-state index contributed by atoms with van der Waals surface area (Å²) in [7, 11) is -3.42. The van der Waals surface area contributed by atoms with Crippen LogP contribution in [0, 0.1) is 5.92 Å². The number of rotatable bonds is 5. The van der Waals surface area contributed by atoms with Crippen molar-refractivity contribution in [1.82, 2.24) is 4.31 Å². The summed E-state index contributed by atoms with van der Waals surface area (Å²) < 4.78 is 27.6. The highest BCUT2D eigenvalue weighted by atomic mass is 79.9. The molecule has 0 bridgehead atoms. The van der Waals surface area contributed by atoms with Crippen molar-refractivity contribution in [2.45, 2.75) is 37.6 Å². The minimum atomic E-state index is -3.42. The maximum atomic E-state index is 12.7. The molecule has 1 aliphatic carbocycles. The van der Waals surface area contributed by atoms with Crippen molar-refractivity contribution in [2.75, 3.05) is 12.3 Å². The Kier molecular flexibility index (Phi) is 4.23. The van der Waals surface area contributed by atoms with Gasteiger partial charge in [-0.2, -0.15) is 4.31 Å². The van der Waals surface area contributed by atoms with Crippen LogP contribution in [-0.4, -0.2) is 25.3 Å². The van der Waals surface area contributed by atoms with Crippen LogP contribution in [0.15, 0.2) is 27.6 Å². The maximum absolute atomic E-state index is 12.7. The minimum Gasteiger partial charge on any atom is -0.398 e. The number of benzene rings is 1. The Hall–Kier alpha value is -0.590. The standard InChI is InChI=1S/C13H19BrN2O2S/c1-9(2)8-16(10-3-4-10)19(17,18)11-5-6-13(15)12(14)7-11/h5-7,9-10H,3-4,8,15H2,1-2H3. The van der Waals surface area contributed by atoms with E-state index in [1.54, 1.807) is 22.5 Å². The lowest BCUT2D eigenvalue weighted by Crippen LogP contribution is -2.36. The van der Waals surface area contributed by atoms with Gasteiger partial charge in [-0.25, -0.2) is 8.42 Å². The molecule has 0 saturated heterocycles. The van der Waals surface area contributed by atoms with E-state index in [9.17, 15) is 8.42 Å². The third-order valence-corrected chi connectivity index (χ3v) is 5.68. The number of anilines is 1. The van der Waals surface area contributed by atoms with Gasteiger partial charge in [-0.05, 0) is 52.9 Å². The second kappa shape index (κ2) is 5.42. The molecule has 2 N–H and O–H groups in total. The van der Waals surface area contributed by atoms with Crippen LogP contribution in [0.3, 0.4) is 0 Å². The van der Waals surface area contributed by atoms with E-state index < -0.39 is 10.0 Å². The van der Waals surface area contributed by atoms with E-state index >= 15 is 0 Å². The van der Waals surface area contributed by atoms with Gasteiger partial charge >= 0.3 is 0 Å². The average Bonchev–Trinajstić information content (AvgIpc) is 3.13. The van der Waals surface area contributed by atoms with Crippen LogP contribution in [0.1, 0.15) is 26.7 Å². The van der Waals surface area contributed by atoms with Crippen molar-refractivity contribution in [2.24, 2.45) is 5.92 Å². The summed E-state index contributed by atoms with van der Waals surface area (Å²) in [5.74, 6) is 0.313. The van der Waals surface area contributed by atoms with Gasteiger partial charge in [0.15, 0.2) is 0 Å². The Bertz CT molecular complexity index is 568. The predicted molar refractivity (Wildman–Crippen MR) is 80.3 cm³/mol. The molecule has 6 heteroatoms. The topological polar surface area (TPSA) is 63.4 Å². The van der Waals surface area contributed by atoms with E-state index in [2.05, 4.69) is 15.9 Å². The molecule has 1 aromatic rings. The molecule has 4 nitrogen and oxygen atoms in total. The van der Waals surface area contributed by atoms with Gasteiger partial charge in [0, 0.05) is 22.7 Å². The SMILES string of the molecule is CC(C)CN(C1CC1)S(=O)(=O)c1ccc(N)c(Br)c1. The molecule has 2 rings (SSSR count). The van der Waals surface area contributed by atoms with Gasteiger partial charge in [-0.15, -0.1) is 0 Å². The number of sulfonamides is 1. The van der Waals surface area contributed by atoms with E-state index in [4.69, 9.17) is 5.73 Å².